The van der Waals surface area contributed by atoms with E-state index in [1.807, 2.05) is 0 Å². The van der Waals surface area contributed by atoms with Gasteiger partial charge >= 0.3 is 0 Å². The zero-order valence-corrected chi connectivity index (χ0v) is 11.7. The third-order valence-electron chi connectivity index (χ3n) is 3.36. The first kappa shape index (κ1) is 14.0. The van der Waals surface area contributed by atoms with Crippen LogP contribution in [0, 0.1) is 26.7 Å². The maximum Gasteiger partial charge on any atom is 0.122 e. The van der Waals surface area contributed by atoms with Crippen molar-refractivity contribution in [2.24, 2.45) is 11.7 Å². The van der Waals surface area contributed by atoms with Gasteiger partial charge in [-0.05, 0) is 55.9 Å². The number of ether oxygens (including phenoxy) is 1. The van der Waals surface area contributed by atoms with E-state index in [0.717, 1.165) is 12.2 Å². The van der Waals surface area contributed by atoms with Crippen molar-refractivity contribution in [3.8, 4) is 5.75 Å². The Hall–Kier alpha value is -1.02. The first-order chi connectivity index (χ1) is 7.91. The molecule has 96 valence electrons. The van der Waals surface area contributed by atoms with E-state index in [9.17, 15) is 0 Å². The molecule has 0 amide bonds. The molecule has 2 nitrogen and oxygen atoms in total. The Morgan fingerprint density at radius 1 is 1.06 bits per heavy atom. The Morgan fingerprint density at radius 3 is 2.24 bits per heavy atom. The fourth-order valence-electron chi connectivity index (χ4n) is 1.73. The van der Waals surface area contributed by atoms with Crippen LogP contribution >= 0.6 is 0 Å². The fraction of sp³-hybridized carbons (Fsp3) is 0.600. The third-order valence-corrected chi connectivity index (χ3v) is 3.36. The molecule has 0 radical (unpaired) electrons. The van der Waals surface area contributed by atoms with E-state index >= 15 is 0 Å². The van der Waals surface area contributed by atoms with Gasteiger partial charge in [-0.3, -0.25) is 0 Å². The van der Waals surface area contributed by atoms with Gasteiger partial charge in [-0.1, -0.05) is 19.9 Å². The van der Waals surface area contributed by atoms with Crippen LogP contribution in [-0.4, -0.2) is 12.6 Å². The van der Waals surface area contributed by atoms with Gasteiger partial charge < -0.3 is 10.5 Å². The summed E-state index contributed by atoms with van der Waals surface area (Å²) in [6.45, 7) is 11.3. The first-order valence-electron chi connectivity index (χ1n) is 6.38. The molecule has 1 aromatic rings. The topological polar surface area (TPSA) is 35.2 Å². The van der Waals surface area contributed by atoms with Crippen molar-refractivity contribution in [2.45, 2.75) is 47.1 Å². The Bertz CT molecular complexity index is 371. The Labute approximate surface area is 105 Å². The van der Waals surface area contributed by atoms with Gasteiger partial charge in [0.1, 0.15) is 5.75 Å². The van der Waals surface area contributed by atoms with Crippen LogP contribution in [0.5, 0.6) is 5.75 Å². The molecule has 1 rings (SSSR count). The van der Waals surface area contributed by atoms with Gasteiger partial charge in [0.15, 0.2) is 0 Å². The number of rotatable bonds is 5. The molecule has 2 N–H and O–H groups in total. The monoisotopic (exact) mass is 235 g/mol. The van der Waals surface area contributed by atoms with Gasteiger partial charge in [0.2, 0.25) is 0 Å². The van der Waals surface area contributed by atoms with E-state index in [1.54, 1.807) is 0 Å². The Kier molecular flexibility index (Phi) is 5.01. The molecular weight excluding hydrogens is 210 g/mol. The number of aryl methyl sites for hydroxylation is 3. The minimum Gasteiger partial charge on any atom is -0.493 e. The molecule has 0 aliphatic carbocycles. The number of benzene rings is 1. The predicted octanol–water partition coefficient (Wildman–Crippen LogP) is 3.36. The molecule has 0 saturated carbocycles. The molecule has 0 aliphatic heterocycles. The van der Waals surface area contributed by atoms with Gasteiger partial charge in [-0.2, -0.15) is 0 Å². The summed E-state index contributed by atoms with van der Waals surface area (Å²) in [7, 11) is 0. The molecule has 0 bridgehead atoms. The number of nitrogens with two attached hydrogens (primary N) is 1. The fourth-order valence-corrected chi connectivity index (χ4v) is 1.73. The van der Waals surface area contributed by atoms with Gasteiger partial charge in [0, 0.05) is 6.04 Å². The van der Waals surface area contributed by atoms with Crippen molar-refractivity contribution >= 4 is 0 Å². The van der Waals surface area contributed by atoms with Crippen molar-refractivity contribution in [1.82, 2.24) is 0 Å². The van der Waals surface area contributed by atoms with Gasteiger partial charge in [0.25, 0.3) is 0 Å². The van der Waals surface area contributed by atoms with Crippen molar-refractivity contribution < 1.29 is 4.74 Å². The highest BCUT2D eigenvalue weighted by molar-refractivity contribution is 5.40. The Morgan fingerprint density at radius 2 is 1.65 bits per heavy atom. The summed E-state index contributed by atoms with van der Waals surface area (Å²) in [4.78, 5) is 0. The quantitative estimate of drug-likeness (QED) is 0.849. The Balaban J connectivity index is 2.55. The highest BCUT2D eigenvalue weighted by Crippen LogP contribution is 2.22. The summed E-state index contributed by atoms with van der Waals surface area (Å²) in [6.07, 6.45) is 0.907. The van der Waals surface area contributed by atoms with Crippen molar-refractivity contribution in [3.63, 3.8) is 0 Å². The third kappa shape index (κ3) is 4.04. The molecule has 0 aromatic heterocycles. The van der Waals surface area contributed by atoms with E-state index < -0.39 is 0 Å². The molecule has 1 aromatic carbocycles. The molecular formula is C15H25NO. The SMILES string of the molecule is Cc1cc(C)c(OCCC(N)C(C)C)cc1C. The van der Waals surface area contributed by atoms with E-state index in [1.165, 1.54) is 16.7 Å². The van der Waals surface area contributed by atoms with Crippen LogP contribution in [0.4, 0.5) is 0 Å². The van der Waals surface area contributed by atoms with Crippen LogP contribution in [0.3, 0.4) is 0 Å². The summed E-state index contributed by atoms with van der Waals surface area (Å²) in [5.74, 6) is 1.50. The minimum atomic E-state index is 0.224. The number of hydrogen-bond acceptors (Lipinski definition) is 2. The van der Waals surface area contributed by atoms with Gasteiger partial charge in [-0.15, -0.1) is 0 Å². The molecule has 0 saturated heterocycles. The molecule has 1 atom stereocenters. The van der Waals surface area contributed by atoms with E-state index in [-0.39, 0.29) is 6.04 Å². The maximum atomic E-state index is 5.99. The van der Waals surface area contributed by atoms with E-state index in [4.69, 9.17) is 10.5 Å². The molecule has 0 fully saturated rings. The van der Waals surface area contributed by atoms with E-state index in [0.29, 0.717) is 12.5 Å². The van der Waals surface area contributed by atoms with Crippen molar-refractivity contribution in [3.05, 3.63) is 28.8 Å². The zero-order chi connectivity index (χ0) is 13.0. The largest absolute Gasteiger partial charge is 0.493 e. The first-order valence-corrected chi connectivity index (χ1v) is 6.38. The summed E-state index contributed by atoms with van der Waals surface area (Å²) in [5, 5.41) is 0. The number of hydrogen-bond donors (Lipinski definition) is 1. The van der Waals surface area contributed by atoms with Crippen molar-refractivity contribution in [1.29, 1.82) is 0 Å². The maximum absolute atomic E-state index is 5.99. The van der Waals surface area contributed by atoms with Crippen LogP contribution in [-0.2, 0) is 0 Å². The lowest BCUT2D eigenvalue weighted by molar-refractivity contribution is 0.280. The summed E-state index contributed by atoms with van der Waals surface area (Å²) in [5.41, 5.74) is 9.78. The molecule has 0 heterocycles. The highest BCUT2D eigenvalue weighted by Gasteiger charge is 2.08. The standard InChI is InChI=1S/C15H25NO/c1-10(2)14(16)6-7-17-15-9-12(4)11(3)8-13(15)5/h8-10,14H,6-7,16H2,1-5H3. The molecule has 0 spiro atoms. The van der Waals surface area contributed by atoms with Crippen LogP contribution in [0.2, 0.25) is 0 Å². The average Bonchev–Trinajstić information content (AvgIpc) is 2.25. The normalized spacial score (nSPS) is 12.9. The second kappa shape index (κ2) is 6.06. The zero-order valence-electron chi connectivity index (χ0n) is 11.7. The van der Waals surface area contributed by atoms with Gasteiger partial charge in [0.05, 0.1) is 6.61 Å². The predicted molar refractivity (Wildman–Crippen MR) is 73.6 cm³/mol. The van der Waals surface area contributed by atoms with E-state index in [2.05, 4.69) is 46.8 Å². The minimum absolute atomic E-state index is 0.224. The summed E-state index contributed by atoms with van der Waals surface area (Å²) in [6, 6.07) is 4.51. The average molecular weight is 235 g/mol. The molecule has 1 unspecified atom stereocenters. The lowest BCUT2D eigenvalue weighted by atomic mass is 10.0. The lowest BCUT2D eigenvalue weighted by Crippen LogP contribution is -2.28. The highest BCUT2D eigenvalue weighted by atomic mass is 16.5. The van der Waals surface area contributed by atoms with Crippen LogP contribution in [0.25, 0.3) is 0 Å². The molecule has 17 heavy (non-hydrogen) atoms. The second-order valence-corrected chi connectivity index (χ2v) is 5.25. The van der Waals surface area contributed by atoms with Gasteiger partial charge in [-0.25, -0.2) is 0 Å². The van der Waals surface area contributed by atoms with Crippen molar-refractivity contribution in [2.75, 3.05) is 6.61 Å². The summed E-state index contributed by atoms with van der Waals surface area (Å²) < 4.78 is 5.81. The van der Waals surface area contributed by atoms with Crippen LogP contribution in [0.15, 0.2) is 12.1 Å². The molecule has 2 heteroatoms. The smallest absolute Gasteiger partial charge is 0.122 e. The van der Waals surface area contributed by atoms with Crippen LogP contribution in [0.1, 0.15) is 37.0 Å². The lowest BCUT2D eigenvalue weighted by Gasteiger charge is -2.17. The summed E-state index contributed by atoms with van der Waals surface area (Å²) >= 11 is 0. The molecule has 0 aliphatic rings. The second-order valence-electron chi connectivity index (χ2n) is 5.25. The van der Waals surface area contributed by atoms with Crippen LogP contribution < -0.4 is 10.5 Å².